The van der Waals surface area contributed by atoms with E-state index >= 15 is 0 Å². The van der Waals surface area contributed by atoms with Gasteiger partial charge in [0.1, 0.15) is 0 Å². The van der Waals surface area contributed by atoms with E-state index in [1.54, 1.807) is 0 Å². The van der Waals surface area contributed by atoms with Crippen molar-refractivity contribution in [3.63, 3.8) is 0 Å². The summed E-state index contributed by atoms with van der Waals surface area (Å²) in [7, 11) is 0. The van der Waals surface area contributed by atoms with Crippen LogP contribution in [-0.2, 0) is 6.54 Å². The third kappa shape index (κ3) is 2.16. The average molecular weight is 268 g/mol. The molecule has 2 N–H and O–H groups in total. The number of benzene rings is 1. The molecule has 0 radical (unpaired) electrons. The zero-order chi connectivity index (χ0) is 14.1. The predicted molar refractivity (Wildman–Crippen MR) is 77.0 cm³/mol. The normalized spacial score (nSPS) is 11.4. The first kappa shape index (κ1) is 12.7. The monoisotopic (exact) mass is 268 g/mol. The first-order chi connectivity index (χ1) is 9.69. The van der Waals surface area contributed by atoms with Crippen molar-refractivity contribution in [2.75, 3.05) is 0 Å². The highest BCUT2D eigenvalue weighted by Crippen LogP contribution is 2.27. The summed E-state index contributed by atoms with van der Waals surface area (Å²) in [6.07, 6.45) is 3.78. The zero-order valence-corrected chi connectivity index (χ0v) is 11.5. The number of nitrogens with two attached hydrogens (primary N) is 1. The zero-order valence-electron chi connectivity index (χ0n) is 11.5. The Kier molecular flexibility index (Phi) is 3.20. The topological polar surface area (TPSA) is 77.8 Å². The number of rotatable bonds is 3. The van der Waals surface area contributed by atoms with Crippen LogP contribution in [0.15, 0.2) is 35.1 Å². The molecule has 0 amide bonds. The van der Waals surface area contributed by atoms with Gasteiger partial charge in [-0.15, -0.1) is 0 Å². The van der Waals surface area contributed by atoms with Crippen molar-refractivity contribution in [3.8, 4) is 11.4 Å². The van der Waals surface area contributed by atoms with Gasteiger partial charge in [-0.2, -0.15) is 4.98 Å². The van der Waals surface area contributed by atoms with E-state index in [9.17, 15) is 0 Å². The molecule has 5 nitrogen and oxygen atoms in total. The summed E-state index contributed by atoms with van der Waals surface area (Å²) >= 11 is 0. The van der Waals surface area contributed by atoms with E-state index in [0.717, 1.165) is 10.9 Å². The first-order valence-electron chi connectivity index (χ1n) is 6.59. The molecule has 2 aromatic heterocycles. The number of pyridine rings is 1. The van der Waals surface area contributed by atoms with E-state index in [0.29, 0.717) is 17.6 Å². The lowest BCUT2D eigenvalue weighted by Crippen LogP contribution is -1.95. The molecule has 2 heterocycles. The summed E-state index contributed by atoms with van der Waals surface area (Å²) in [5, 5.41) is 6.22. The third-order valence-corrected chi connectivity index (χ3v) is 3.31. The largest absolute Gasteiger partial charge is 0.338 e. The molecule has 5 heteroatoms. The van der Waals surface area contributed by atoms with Crippen molar-refractivity contribution < 1.29 is 4.52 Å². The lowest BCUT2D eigenvalue weighted by Gasteiger charge is -2.09. The molecule has 0 saturated heterocycles. The average Bonchev–Trinajstić information content (AvgIpc) is 2.94. The summed E-state index contributed by atoms with van der Waals surface area (Å²) < 4.78 is 5.04. The minimum absolute atomic E-state index is 0.250. The van der Waals surface area contributed by atoms with Crippen LogP contribution >= 0.6 is 0 Å². The van der Waals surface area contributed by atoms with Crippen molar-refractivity contribution in [2.45, 2.75) is 26.3 Å². The first-order valence-corrected chi connectivity index (χ1v) is 6.59. The van der Waals surface area contributed by atoms with Crippen LogP contribution in [0.1, 0.15) is 31.2 Å². The van der Waals surface area contributed by atoms with Crippen LogP contribution in [0.4, 0.5) is 0 Å². The van der Waals surface area contributed by atoms with E-state index in [4.69, 9.17) is 10.3 Å². The standard InChI is InChI=1S/C15H16N4O/c1-9(2)13-8-17-7-11-5-10(3-4-12(11)13)15-18-14(6-16)20-19-15/h3-5,7-9H,6,16H2,1-2H3. The Morgan fingerprint density at radius 1 is 1.25 bits per heavy atom. The van der Waals surface area contributed by atoms with Gasteiger partial charge in [0.25, 0.3) is 0 Å². The highest BCUT2D eigenvalue weighted by Gasteiger charge is 2.10. The molecule has 3 aromatic rings. The Morgan fingerprint density at radius 3 is 2.80 bits per heavy atom. The maximum Gasteiger partial charge on any atom is 0.240 e. The molecule has 20 heavy (non-hydrogen) atoms. The summed E-state index contributed by atoms with van der Waals surface area (Å²) in [5.74, 6) is 1.43. The van der Waals surface area contributed by atoms with Crippen molar-refractivity contribution in [1.29, 1.82) is 0 Å². The maximum atomic E-state index is 5.48. The summed E-state index contributed by atoms with van der Waals surface area (Å²) in [6, 6.07) is 6.11. The van der Waals surface area contributed by atoms with Crippen LogP contribution < -0.4 is 5.73 Å². The van der Waals surface area contributed by atoms with E-state index in [2.05, 4.69) is 35.0 Å². The minimum atomic E-state index is 0.250. The lowest BCUT2D eigenvalue weighted by molar-refractivity contribution is 0.380. The molecule has 0 saturated carbocycles. The quantitative estimate of drug-likeness (QED) is 0.790. The van der Waals surface area contributed by atoms with Gasteiger partial charge < -0.3 is 10.3 Å². The van der Waals surface area contributed by atoms with Crippen LogP contribution in [0.25, 0.3) is 22.2 Å². The fraction of sp³-hybridized carbons (Fsp3) is 0.267. The van der Waals surface area contributed by atoms with Crippen LogP contribution in [-0.4, -0.2) is 15.1 Å². The number of fused-ring (bicyclic) bond motifs is 1. The van der Waals surface area contributed by atoms with Gasteiger partial charge in [0.15, 0.2) is 0 Å². The Hall–Kier alpha value is -2.27. The summed E-state index contributed by atoms with van der Waals surface area (Å²) in [6.45, 7) is 4.58. The van der Waals surface area contributed by atoms with E-state index < -0.39 is 0 Å². The molecule has 0 fully saturated rings. The second-order valence-corrected chi connectivity index (χ2v) is 5.04. The van der Waals surface area contributed by atoms with Crippen LogP contribution in [0.5, 0.6) is 0 Å². The fourth-order valence-electron chi connectivity index (χ4n) is 2.25. The number of nitrogens with zero attached hydrogens (tertiary/aromatic N) is 3. The van der Waals surface area contributed by atoms with Gasteiger partial charge in [0.2, 0.25) is 11.7 Å². The van der Waals surface area contributed by atoms with Crippen LogP contribution in [0.3, 0.4) is 0 Å². The minimum Gasteiger partial charge on any atom is -0.338 e. The Labute approximate surface area is 116 Å². The predicted octanol–water partition coefficient (Wildman–Crippen LogP) is 2.87. The molecular weight excluding hydrogens is 252 g/mol. The van der Waals surface area contributed by atoms with E-state index in [1.165, 1.54) is 10.9 Å². The molecule has 0 bridgehead atoms. The SMILES string of the molecule is CC(C)c1cncc2cc(-c3noc(CN)n3)ccc12. The molecule has 0 atom stereocenters. The van der Waals surface area contributed by atoms with Gasteiger partial charge >= 0.3 is 0 Å². The molecule has 0 spiro atoms. The van der Waals surface area contributed by atoms with Gasteiger partial charge in [0.05, 0.1) is 6.54 Å². The van der Waals surface area contributed by atoms with Gasteiger partial charge in [-0.25, -0.2) is 0 Å². The molecule has 3 rings (SSSR count). The highest BCUT2D eigenvalue weighted by atomic mass is 16.5. The Balaban J connectivity index is 2.11. The van der Waals surface area contributed by atoms with E-state index in [-0.39, 0.29) is 6.54 Å². The molecule has 0 unspecified atom stereocenters. The summed E-state index contributed by atoms with van der Waals surface area (Å²) in [4.78, 5) is 8.55. The Bertz CT molecular complexity index is 748. The van der Waals surface area contributed by atoms with Crippen molar-refractivity contribution in [2.24, 2.45) is 5.73 Å². The van der Waals surface area contributed by atoms with Gasteiger partial charge in [-0.1, -0.05) is 31.1 Å². The molecule has 0 aliphatic carbocycles. The second kappa shape index (κ2) is 5.02. The Morgan fingerprint density at radius 2 is 2.10 bits per heavy atom. The number of aromatic nitrogens is 3. The summed E-state index contributed by atoms with van der Waals surface area (Å²) in [5.41, 5.74) is 7.63. The van der Waals surface area contributed by atoms with Crippen molar-refractivity contribution in [1.82, 2.24) is 15.1 Å². The van der Waals surface area contributed by atoms with Crippen molar-refractivity contribution >= 4 is 10.8 Å². The number of hydrogen-bond acceptors (Lipinski definition) is 5. The van der Waals surface area contributed by atoms with Crippen LogP contribution in [0.2, 0.25) is 0 Å². The highest BCUT2D eigenvalue weighted by molar-refractivity contribution is 5.88. The molecular formula is C15H16N4O. The second-order valence-electron chi connectivity index (χ2n) is 5.04. The lowest BCUT2D eigenvalue weighted by atomic mass is 9.97. The van der Waals surface area contributed by atoms with Gasteiger partial charge in [-0.05, 0) is 22.9 Å². The third-order valence-electron chi connectivity index (χ3n) is 3.31. The van der Waals surface area contributed by atoms with Gasteiger partial charge in [-0.3, -0.25) is 4.98 Å². The van der Waals surface area contributed by atoms with Crippen molar-refractivity contribution in [3.05, 3.63) is 42.0 Å². The van der Waals surface area contributed by atoms with Gasteiger partial charge in [0, 0.05) is 23.3 Å². The maximum absolute atomic E-state index is 5.48. The molecule has 1 aromatic carbocycles. The number of hydrogen-bond donors (Lipinski definition) is 1. The smallest absolute Gasteiger partial charge is 0.240 e. The van der Waals surface area contributed by atoms with E-state index in [1.807, 2.05) is 24.5 Å². The van der Waals surface area contributed by atoms with Crippen LogP contribution in [0, 0.1) is 0 Å². The fourth-order valence-corrected chi connectivity index (χ4v) is 2.25. The molecule has 102 valence electrons. The molecule has 0 aliphatic heterocycles. The molecule has 0 aliphatic rings.